The molecule has 2 atom stereocenters. The van der Waals surface area contributed by atoms with Crippen LogP contribution in [-0.4, -0.2) is 56.9 Å². The highest BCUT2D eigenvalue weighted by molar-refractivity contribution is 6.16. The molecule has 2 amide bonds. The van der Waals surface area contributed by atoms with Gasteiger partial charge in [0.2, 0.25) is 5.91 Å². The van der Waals surface area contributed by atoms with Gasteiger partial charge in [-0.05, 0) is 29.8 Å². The van der Waals surface area contributed by atoms with E-state index in [0.29, 0.717) is 23.5 Å². The maximum absolute atomic E-state index is 13.0. The van der Waals surface area contributed by atoms with Crippen LogP contribution in [-0.2, 0) is 19.1 Å². The molecule has 3 heterocycles. The van der Waals surface area contributed by atoms with Gasteiger partial charge in [0.05, 0.1) is 11.7 Å². The van der Waals surface area contributed by atoms with Crippen molar-refractivity contribution in [3.63, 3.8) is 0 Å². The molecule has 1 saturated heterocycles. The van der Waals surface area contributed by atoms with Crippen LogP contribution in [0.2, 0.25) is 0 Å². The minimum absolute atomic E-state index is 0.0344. The normalized spacial score (nSPS) is 17.1. The fourth-order valence-corrected chi connectivity index (χ4v) is 3.95. The number of benzene rings is 1. The second kappa shape index (κ2) is 9.85. The van der Waals surface area contributed by atoms with Crippen molar-refractivity contribution in [1.82, 2.24) is 19.9 Å². The van der Waals surface area contributed by atoms with E-state index in [0.717, 1.165) is 4.90 Å². The van der Waals surface area contributed by atoms with Gasteiger partial charge >= 0.3 is 5.97 Å². The smallest absolute Gasteiger partial charge is 0.302 e. The molecule has 35 heavy (non-hydrogen) atoms. The number of carbonyl (C=O) groups is 4. The van der Waals surface area contributed by atoms with Crippen molar-refractivity contribution in [2.75, 3.05) is 11.4 Å². The minimum Gasteiger partial charge on any atom is -0.461 e. The summed E-state index contributed by atoms with van der Waals surface area (Å²) in [5, 5.41) is 2.99. The zero-order chi connectivity index (χ0) is 25.1. The first kappa shape index (κ1) is 23.8. The largest absolute Gasteiger partial charge is 0.461 e. The Labute approximate surface area is 199 Å². The molecule has 11 nitrogen and oxygen atoms in total. The number of anilines is 1. The zero-order valence-corrected chi connectivity index (χ0v) is 19.1. The van der Waals surface area contributed by atoms with Crippen molar-refractivity contribution < 1.29 is 23.9 Å². The van der Waals surface area contributed by atoms with Crippen molar-refractivity contribution in [3.05, 3.63) is 71.0 Å². The molecule has 0 radical (unpaired) electrons. The predicted molar refractivity (Wildman–Crippen MR) is 125 cm³/mol. The van der Waals surface area contributed by atoms with Crippen LogP contribution >= 0.6 is 0 Å². The molecule has 180 valence electrons. The lowest BCUT2D eigenvalue weighted by atomic mass is 10.1. The lowest BCUT2D eigenvalue weighted by Crippen LogP contribution is -2.46. The second-order valence-corrected chi connectivity index (χ2v) is 8.06. The van der Waals surface area contributed by atoms with E-state index in [9.17, 15) is 24.0 Å². The molecule has 1 fully saturated rings. The molecule has 0 bridgehead atoms. The number of rotatable bonds is 5. The van der Waals surface area contributed by atoms with E-state index in [2.05, 4.69) is 15.3 Å². The molecular weight excluding hydrogens is 454 g/mol. The van der Waals surface area contributed by atoms with Gasteiger partial charge in [0.25, 0.3) is 17.4 Å². The number of esters is 1. The Morgan fingerprint density at radius 1 is 1.09 bits per heavy atom. The Morgan fingerprint density at radius 3 is 2.43 bits per heavy atom. The molecule has 2 N–H and O–H groups in total. The number of aromatic amines is 1. The van der Waals surface area contributed by atoms with Gasteiger partial charge < -0.3 is 15.0 Å². The van der Waals surface area contributed by atoms with E-state index in [-0.39, 0.29) is 12.0 Å². The van der Waals surface area contributed by atoms with Crippen LogP contribution in [0.5, 0.6) is 0 Å². The second-order valence-electron chi connectivity index (χ2n) is 8.06. The van der Waals surface area contributed by atoms with Gasteiger partial charge in [0.15, 0.2) is 0 Å². The first-order valence-electron chi connectivity index (χ1n) is 10.9. The van der Waals surface area contributed by atoms with E-state index in [1.54, 1.807) is 30.3 Å². The molecule has 1 aliphatic heterocycles. The summed E-state index contributed by atoms with van der Waals surface area (Å²) in [6.45, 7) is 2.92. The first-order valence-corrected chi connectivity index (χ1v) is 10.9. The van der Waals surface area contributed by atoms with Crippen molar-refractivity contribution in [2.24, 2.45) is 0 Å². The highest BCUT2D eigenvalue weighted by Gasteiger charge is 2.35. The monoisotopic (exact) mass is 477 g/mol. The maximum atomic E-state index is 13.0. The van der Waals surface area contributed by atoms with E-state index in [1.807, 2.05) is 0 Å². The van der Waals surface area contributed by atoms with Crippen LogP contribution in [0.3, 0.4) is 0 Å². The number of H-pyrrole nitrogens is 1. The first-order chi connectivity index (χ1) is 16.7. The molecule has 0 saturated carbocycles. The van der Waals surface area contributed by atoms with Gasteiger partial charge in [-0.3, -0.25) is 28.5 Å². The van der Waals surface area contributed by atoms with Crippen LogP contribution in [0.25, 0.3) is 11.3 Å². The van der Waals surface area contributed by atoms with Crippen LogP contribution in [0.15, 0.2) is 59.9 Å². The molecule has 0 aliphatic carbocycles. The SMILES string of the molecule is CC(=O)OC1CN[C@H](C(=O)N(C(C)=O)c2ccc(-c3ccc(C(=O)n4ccnc4)c(=O)[nH]3)cc2)C1. The average molecular weight is 477 g/mol. The molecule has 11 heteroatoms. The Bertz CT molecular complexity index is 1330. The number of nitrogens with zero attached hydrogens (tertiary/aromatic N) is 3. The third kappa shape index (κ3) is 5.09. The van der Waals surface area contributed by atoms with Crippen LogP contribution in [0.1, 0.15) is 30.6 Å². The van der Waals surface area contributed by atoms with Crippen LogP contribution < -0.4 is 15.8 Å². The molecule has 2 aromatic heterocycles. The lowest BCUT2D eigenvalue weighted by Gasteiger charge is -2.23. The van der Waals surface area contributed by atoms with Crippen molar-refractivity contribution in [1.29, 1.82) is 0 Å². The number of pyridine rings is 1. The number of imide groups is 1. The van der Waals surface area contributed by atoms with Gasteiger partial charge in [-0.1, -0.05) is 12.1 Å². The van der Waals surface area contributed by atoms with E-state index >= 15 is 0 Å². The molecule has 0 spiro atoms. The van der Waals surface area contributed by atoms with Gasteiger partial charge in [0.1, 0.15) is 18.0 Å². The number of hydrogen-bond acceptors (Lipinski definition) is 8. The van der Waals surface area contributed by atoms with Crippen LogP contribution in [0.4, 0.5) is 5.69 Å². The zero-order valence-electron chi connectivity index (χ0n) is 19.1. The van der Waals surface area contributed by atoms with Crippen molar-refractivity contribution >= 4 is 29.4 Å². The summed E-state index contributed by atoms with van der Waals surface area (Å²) in [6, 6.07) is 8.87. The lowest BCUT2D eigenvalue weighted by molar-refractivity contribution is -0.145. The third-order valence-electron chi connectivity index (χ3n) is 5.57. The number of ether oxygens (including phenoxy) is 1. The third-order valence-corrected chi connectivity index (χ3v) is 5.57. The summed E-state index contributed by atoms with van der Waals surface area (Å²) < 4.78 is 6.35. The number of nitrogens with one attached hydrogen (secondary N) is 2. The number of carbonyl (C=O) groups excluding carboxylic acids is 4. The summed E-state index contributed by atoms with van der Waals surface area (Å²) in [5.41, 5.74) is 0.856. The van der Waals surface area contributed by atoms with E-state index in [1.165, 1.54) is 43.2 Å². The summed E-state index contributed by atoms with van der Waals surface area (Å²) in [4.78, 5) is 69.0. The Morgan fingerprint density at radius 2 is 1.83 bits per heavy atom. The van der Waals surface area contributed by atoms with Gasteiger partial charge in [-0.2, -0.15) is 0 Å². The van der Waals surface area contributed by atoms with Gasteiger partial charge in [-0.15, -0.1) is 0 Å². The van der Waals surface area contributed by atoms with Crippen LogP contribution in [0, 0.1) is 0 Å². The molecule has 1 unspecified atom stereocenters. The van der Waals surface area contributed by atoms with Gasteiger partial charge in [-0.25, -0.2) is 9.88 Å². The fraction of sp³-hybridized carbons (Fsp3) is 0.250. The predicted octanol–water partition coefficient (Wildman–Crippen LogP) is 1.10. The number of aromatic nitrogens is 3. The topological polar surface area (TPSA) is 143 Å². The van der Waals surface area contributed by atoms with E-state index < -0.39 is 41.4 Å². The van der Waals surface area contributed by atoms with Gasteiger partial charge in [0, 0.05) is 44.9 Å². The molecule has 3 aromatic rings. The quantitative estimate of drug-likeness (QED) is 0.520. The Hall–Kier alpha value is -4.38. The summed E-state index contributed by atoms with van der Waals surface area (Å²) in [5.74, 6) is -1.84. The number of amides is 2. The van der Waals surface area contributed by atoms with Crippen molar-refractivity contribution in [3.8, 4) is 11.3 Å². The highest BCUT2D eigenvalue weighted by atomic mass is 16.5. The molecule has 1 aliphatic rings. The highest BCUT2D eigenvalue weighted by Crippen LogP contribution is 2.24. The molecule has 1 aromatic carbocycles. The number of imidazole rings is 1. The Kier molecular flexibility index (Phi) is 6.69. The fourth-order valence-electron chi connectivity index (χ4n) is 3.95. The Balaban J connectivity index is 1.52. The maximum Gasteiger partial charge on any atom is 0.302 e. The summed E-state index contributed by atoms with van der Waals surface area (Å²) >= 11 is 0. The molecular formula is C24H23N5O6. The van der Waals surface area contributed by atoms with Crippen molar-refractivity contribution in [2.45, 2.75) is 32.4 Å². The summed E-state index contributed by atoms with van der Waals surface area (Å²) in [6.07, 6.45) is 4.05. The minimum atomic E-state index is -0.667. The summed E-state index contributed by atoms with van der Waals surface area (Å²) in [7, 11) is 0. The number of hydrogen-bond donors (Lipinski definition) is 2. The average Bonchev–Trinajstić information content (AvgIpc) is 3.51. The van der Waals surface area contributed by atoms with E-state index in [4.69, 9.17) is 4.74 Å². The standard InChI is InChI=1S/C24H23N5O6/c1-14(30)29(24(34)21-11-18(12-26-21)35-15(2)31)17-5-3-16(4-6-17)20-8-7-19(22(32)27-20)23(33)28-10-9-25-13-28/h3-10,13,18,21,26H,11-12H2,1-2H3,(H,27,32)/t18?,21-/m0/s1. The molecule has 4 rings (SSSR count).